The second kappa shape index (κ2) is 14.9. The Morgan fingerprint density at radius 2 is 1.80 bits per heavy atom. The Hall–Kier alpha value is -4.63. The summed E-state index contributed by atoms with van der Waals surface area (Å²) in [7, 11) is -3.14. The molecule has 1 aliphatic rings. The zero-order valence-corrected chi connectivity index (χ0v) is 28.9. The average Bonchev–Trinajstić information content (AvgIpc) is 3.03. The second-order valence-corrected chi connectivity index (χ2v) is 14.4. The number of halogens is 2. The topological polar surface area (TPSA) is 145 Å². The van der Waals surface area contributed by atoms with E-state index in [0.717, 1.165) is 62.1 Å². The number of amides is 1. The molecule has 2 aromatic heterocycles. The molecule has 12 nitrogen and oxygen atoms in total. The molecule has 5 rings (SSSR count). The summed E-state index contributed by atoms with van der Waals surface area (Å²) in [6, 6.07) is 7.42. The molecule has 2 aromatic carbocycles. The van der Waals surface area contributed by atoms with Gasteiger partial charge in [0.1, 0.15) is 51.5 Å². The first-order chi connectivity index (χ1) is 23.2. The summed E-state index contributed by atoms with van der Waals surface area (Å²) in [5, 5.41) is 3.54. The van der Waals surface area contributed by atoms with Crippen LogP contribution in [-0.2, 0) is 14.8 Å². The number of hydrogen-bond donors (Lipinski definition) is 2. The van der Waals surface area contributed by atoms with Gasteiger partial charge in [-0.05, 0) is 89.4 Å². The first kappa shape index (κ1) is 35.7. The average molecular weight is 699 g/mol. The van der Waals surface area contributed by atoms with E-state index in [1.807, 2.05) is 39.8 Å². The fourth-order valence-electron chi connectivity index (χ4n) is 5.49. The molecule has 0 saturated carbocycles. The number of carbonyl (C=O) groups excluding carboxylic acids is 1. The molecule has 0 spiro atoms. The van der Waals surface area contributed by atoms with Crippen molar-refractivity contribution in [2.75, 3.05) is 38.0 Å². The summed E-state index contributed by atoms with van der Waals surface area (Å²) in [4.78, 5) is 26.7. The van der Waals surface area contributed by atoms with Gasteiger partial charge in [0.05, 0.1) is 7.11 Å². The van der Waals surface area contributed by atoms with Crippen LogP contribution < -0.4 is 19.5 Å². The molecule has 1 fully saturated rings. The van der Waals surface area contributed by atoms with Crippen molar-refractivity contribution in [1.29, 1.82) is 0 Å². The lowest BCUT2D eigenvalue weighted by Crippen LogP contribution is -2.40. The number of ether oxygens (including phenoxy) is 3. The highest BCUT2D eigenvalue weighted by Crippen LogP contribution is 2.36. The van der Waals surface area contributed by atoms with Gasteiger partial charge in [0.25, 0.3) is 10.0 Å². The number of anilines is 1. The van der Waals surface area contributed by atoms with Gasteiger partial charge in [-0.25, -0.2) is 36.9 Å². The molecule has 49 heavy (non-hydrogen) atoms. The minimum Gasteiger partial charge on any atom is -0.488 e. The van der Waals surface area contributed by atoms with E-state index in [1.165, 1.54) is 25.7 Å². The summed E-state index contributed by atoms with van der Waals surface area (Å²) >= 11 is 0. The molecule has 4 aromatic rings. The van der Waals surface area contributed by atoms with Gasteiger partial charge in [-0.2, -0.15) is 0 Å². The van der Waals surface area contributed by atoms with Crippen LogP contribution in [0.25, 0.3) is 22.0 Å². The van der Waals surface area contributed by atoms with E-state index in [0.29, 0.717) is 35.0 Å². The maximum Gasteiger partial charge on any atom is 0.407 e. The third-order valence-electron chi connectivity index (χ3n) is 7.86. The van der Waals surface area contributed by atoms with Crippen molar-refractivity contribution in [1.82, 2.24) is 25.2 Å². The molecule has 0 radical (unpaired) electrons. The number of likely N-dealkylation sites (tertiary alicyclic amines) is 1. The van der Waals surface area contributed by atoms with Crippen LogP contribution in [0.1, 0.15) is 45.7 Å². The number of nitrogens with one attached hydrogen (secondary N) is 2. The van der Waals surface area contributed by atoms with Gasteiger partial charge in [0.2, 0.25) is 5.88 Å². The van der Waals surface area contributed by atoms with Gasteiger partial charge in [-0.15, -0.1) is 0 Å². The fourth-order valence-corrected chi connectivity index (χ4v) is 6.60. The van der Waals surface area contributed by atoms with Gasteiger partial charge in [-0.3, -0.25) is 4.72 Å². The van der Waals surface area contributed by atoms with Gasteiger partial charge in [0, 0.05) is 48.5 Å². The molecule has 0 bridgehead atoms. The Balaban J connectivity index is 1.32. The van der Waals surface area contributed by atoms with E-state index < -0.39 is 38.2 Å². The predicted octanol–water partition coefficient (Wildman–Crippen LogP) is 5.85. The third kappa shape index (κ3) is 9.09. The Morgan fingerprint density at radius 3 is 2.49 bits per heavy atom. The standard InChI is InChI=1S/C34H40F2N6O6S/c1-21-26-15-22(23-16-28(32(46-5)38-19-23)41-49(44,45)30-8-7-24(35)18-27(30)36)17-29(31(26)40-20-39-21)47-25-9-13-42(14-10-25)12-6-11-37-33(43)48-34(2,3)4/h7-8,15-20,25,41H,6,9-14H2,1-5H3,(H,37,43). The number of pyridine rings is 1. The van der Waals surface area contributed by atoms with E-state index in [2.05, 4.69) is 29.9 Å². The summed E-state index contributed by atoms with van der Waals surface area (Å²) in [5.74, 6) is -1.63. The number of sulfonamides is 1. The van der Waals surface area contributed by atoms with Crippen LogP contribution in [0.15, 0.2) is 53.8 Å². The van der Waals surface area contributed by atoms with Crippen LogP contribution in [-0.4, -0.2) is 79.4 Å². The zero-order chi connectivity index (χ0) is 35.3. The second-order valence-electron chi connectivity index (χ2n) is 12.7. The van der Waals surface area contributed by atoms with Crippen LogP contribution in [0.4, 0.5) is 19.3 Å². The van der Waals surface area contributed by atoms with E-state index >= 15 is 0 Å². The lowest BCUT2D eigenvalue weighted by atomic mass is 10.0. The van der Waals surface area contributed by atoms with Gasteiger partial charge >= 0.3 is 6.09 Å². The molecule has 3 heterocycles. The number of fused-ring (bicyclic) bond motifs is 1. The molecular weight excluding hydrogens is 658 g/mol. The molecule has 2 N–H and O–H groups in total. The summed E-state index contributed by atoms with van der Waals surface area (Å²) in [6.45, 7) is 10.3. The molecule has 0 aliphatic carbocycles. The summed E-state index contributed by atoms with van der Waals surface area (Å²) in [5.41, 5.74) is 1.95. The number of methoxy groups -OCH3 is 1. The van der Waals surface area contributed by atoms with Crippen molar-refractivity contribution in [3.63, 3.8) is 0 Å². The normalized spacial score (nSPS) is 14.4. The fraction of sp³-hybridized carbons (Fsp3) is 0.412. The first-order valence-electron chi connectivity index (χ1n) is 15.9. The predicted molar refractivity (Wildman–Crippen MR) is 180 cm³/mol. The van der Waals surface area contributed by atoms with Crippen molar-refractivity contribution >= 4 is 32.7 Å². The minimum atomic E-state index is -4.47. The minimum absolute atomic E-state index is 0.0407. The number of benzene rings is 2. The smallest absolute Gasteiger partial charge is 0.407 e. The molecule has 262 valence electrons. The molecule has 1 aliphatic heterocycles. The maximum absolute atomic E-state index is 14.4. The van der Waals surface area contributed by atoms with Crippen LogP contribution in [0.5, 0.6) is 11.6 Å². The molecule has 0 unspecified atom stereocenters. The quantitative estimate of drug-likeness (QED) is 0.183. The van der Waals surface area contributed by atoms with Crippen molar-refractivity contribution in [3.05, 3.63) is 66.3 Å². The summed E-state index contributed by atoms with van der Waals surface area (Å²) < 4.78 is 73.5. The molecule has 0 atom stereocenters. The van der Waals surface area contributed by atoms with Crippen molar-refractivity contribution in [3.8, 4) is 22.8 Å². The number of carbonyl (C=O) groups is 1. The highest BCUT2D eigenvalue weighted by Gasteiger charge is 2.25. The van der Waals surface area contributed by atoms with Crippen LogP contribution >= 0.6 is 0 Å². The molecular formula is C34H40F2N6O6S. The van der Waals surface area contributed by atoms with Crippen LogP contribution in [0.2, 0.25) is 0 Å². The third-order valence-corrected chi connectivity index (χ3v) is 9.25. The van der Waals surface area contributed by atoms with Gasteiger partial charge in [0.15, 0.2) is 0 Å². The Morgan fingerprint density at radius 1 is 1.04 bits per heavy atom. The van der Waals surface area contributed by atoms with E-state index in [-0.39, 0.29) is 17.7 Å². The van der Waals surface area contributed by atoms with Gasteiger partial charge < -0.3 is 24.4 Å². The largest absolute Gasteiger partial charge is 0.488 e. The van der Waals surface area contributed by atoms with Crippen molar-refractivity contribution in [2.24, 2.45) is 0 Å². The SMILES string of the molecule is COc1ncc(-c2cc(OC3CCN(CCCNC(=O)OC(C)(C)C)CC3)c3ncnc(C)c3c2)cc1NS(=O)(=O)c1ccc(F)cc1F. The first-order valence-corrected chi connectivity index (χ1v) is 17.3. The molecule has 1 saturated heterocycles. The highest BCUT2D eigenvalue weighted by molar-refractivity contribution is 7.92. The number of rotatable bonds is 11. The number of aromatic nitrogens is 3. The van der Waals surface area contributed by atoms with E-state index in [1.54, 1.807) is 0 Å². The number of aryl methyl sites for hydroxylation is 1. The molecule has 15 heteroatoms. The zero-order valence-electron chi connectivity index (χ0n) is 28.0. The van der Waals surface area contributed by atoms with E-state index in [4.69, 9.17) is 14.2 Å². The maximum atomic E-state index is 14.4. The van der Waals surface area contributed by atoms with E-state index in [9.17, 15) is 22.0 Å². The highest BCUT2D eigenvalue weighted by atomic mass is 32.2. The van der Waals surface area contributed by atoms with Gasteiger partial charge in [-0.1, -0.05) is 0 Å². The lowest BCUT2D eigenvalue weighted by Gasteiger charge is -2.32. The number of hydrogen-bond acceptors (Lipinski definition) is 10. The Kier molecular flexibility index (Phi) is 10.8. The Bertz CT molecular complexity index is 1930. The number of piperidine rings is 1. The monoisotopic (exact) mass is 698 g/mol. The van der Waals surface area contributed by atoms with Crippen LogP contribution in [0.3, 0.4) is 0 Å². The summed E-state index contributed by atoms with van der Waals surface area (Å²) in [6.07, 6.45) is 4.87. The number of nitrogens with zero attached hydrogens (tertiary/aromatic N) is 4. The number of alkyl carbamates (subject to hydrolysis) is 1. The van der Waals surface area contributed by atoms with Crippen molar-refractivity contribution < 1.29 is 36.2 Å². The lowest BCUT2D eigenvalue weighted by molar-refractivity contribution is 0.0523. The Labute approximate surface area is 284 Å². The van der Waals surface area contributed by atoms with Crippen molar-refractivity contribution in [2.45, 2.75) is 63.6 Å². The molecule has 1 amide bonds. The van der Waals surface area contributed by atoms with Crippen LogP contribution in [0, 0.1) is 18.6 Å².